The number of para-hydroxylation sites is 1. The monoisotopic (exact) mass is 381 g/mol. The van der Waals surface area contributed by atoms with Gasteiger partial charge in [0.05, 0.1) is 11.4 Å². The topological polar surface area (TPSA) is 29.9 Å². The van der Waals surface area contributed by atoms with Gasteiger partial charge in [0.15, 0.2) is 0 Å². The van der Waals surface area contributed by atoms with E-state index in [0.717, 1.165) is 34.5 Å². The molecule has 3 nitrogen and oxygen atoms in total. The number of nitrogens with zero attached hydrogens (tertiary/aromatic N) is 2. The molecule has 0 radical (unpaired) electrons. The zero-order valence-electron chi connectivity index (χ0n) is 13.9. The lowest BCUT2D eigenvalue weighted by atomic mass is 10.0. The number of nitrogens with one attached hydrogen (secondary N) is 1. The largest absolute Gasteiger partial charge is 0.369 e. The third-order valence-electron chi connectivity index (χ3n) is 4.54. The summed E-state index contributed by atoms with van der Waals surface area (Å²) < 4.78 is 3.17. The van der Waals surface area contributed by atoms with Crippen LogP contribution in [0.15, 0.2) is 53.0 Å². The highest BCUT2D eigenvalue weighted by Crippen LogP contribution is 2.36. The van der Waals surface area contributed by atoms with E-state index >= 15 is 0 Å². The predicted molar refractivity (Wildman–Crippen MR) is 103 cm³/mol. The molecule has 0 unspecified atom stereocenters. The Balaban J connectivity index is 1.92. The van der Waals surface area contributed by atoms with Crippen molar-refractivity contribution in [2.45, 2.75) is 26.2 Å². The average Bonchev–Trinajstić information content (AvgIpc) is 3.17. The van der Waals surface area contributed by atoms with Crippen molar-refractivity contribution in [2.75, 3.05) is 11.9 Å². The third-order valence-corrected chi connectivity index (χ3v) is 5.03. The van der Waals surface area contributed by atoms with Crippen molar-refractivity contribution in [2.24, 2.45) is 0 Å². The summed E-state index contributed by atoms with van der Waals surface area (Å²) in [4.78, 5) is 0. The Bertz CT molecular complexity index is 896. The maximum absolute atomic E-state index is 4.99. The van der Waals surface area contributed by atoms with Crippen LogP contribution in [0.4, 0.5) is 5.82 Å². The minimum absolute atomic E-state index is 0.455. The number of hydrogen-bond donors (Lipinski definition) is 1. The van der Waals surface area contributed by atoms with Crippen LogP contribution in [-0.2, 0) is 6.42 Å². The van der Waals surface area contributed by atoms with Gasteiger partial charge in [0.2, 0.25) is 0 Å². The molecule has 2 heterocycles. The molecule has 0 spiro atoms. The van der Waals surface area contributed by atoms with E-state index in [-0.39, 0.29) is 0 Å². The molecule has 0 bridgehead atoms. The first-order valence-corrected chi connectivity index (χ1v) is 9.15. The predicted octanol–water partition coefficient (Wildman–Crippen LogP) is 5.39. The number of anilines is 1. The summed E-state index contributed by atoms with van der Waals surface area (Å²) in [5.41, 5.74) is 6.03. The molecule has 4 heteroatoms. The fourth-order valence-electron chi connectivity index (χ4n) is 3.39. The summed E-state index contributed by atoms with van der Waals surface area (Å²) >= 11 is 3.57. The van der Waals surface area contributed by atoms with Crippen LogP contribution in [0.5, 0.6) is 0 Å². The van der Waals surface area contributed by atoms with Crippen molar-refractivity contribution in [3.05, 3.63) is 64.1 Å². The van der Waals surface area contributed by atoms with Gasteiger partial charge in [0.1, 0.15) is 5.82 Å². The van der Waals surface area contributed by atoms with E-state index in [1.165, 1.54) is 16.8 Å². The fourth-order valence-corrected chi connectivity index (χ4v) is 3.78. The second-order valence-electron chi connectivity index (χ2n) is 6.49. The minimum atomic E-state index is 0.455. The number of fused-ring (bicyclic) bond motifs is 1. The van der Waals surface area contributed by atoms with Crippen molar-refractivity contribution in [3.8, 4) is 16.9 Å². The first-order chi connectivity index (χ1) is 11.6. The first-order valence-electron chi connectivity index (χ1n) is 8.36. The zero-order chi connectivity index (χ0) is 16.7. The van der Waals surface area contributed by atoms with E-state index in [1.807, 2.05) is 6.07 Å². The Morgan fingerprint density at radius 3 is 2.75 bits per heavy atom. The second kappa shape index (κ2) is 6.10. The molecule has 24 heavy (non-hydrogen) atoms. The number of rotatable bonds is 3. The SMILES string of the molecule is CC(C)c1ccccc1-n1nc(-c2cccc(Br)c2)c2c1NCC2. The van der Waals surface area contributed by atoms with Gasteiger partial charge < -0.3 is 5.32 Å². The van der Waals surface area contributed by atoms with Gasteiger partial charge in [-0.25, -0.2) is 4.68 Å². The highest BCUT2D eigenvalue weighted by atomic mass is 79.9. The maximum atomic E-state index is 4.99. The van der Waals surface area contributed by atoms with Crippen LogP contribution in [0.25, 0.3) is 16.9 Å². The van der Waals surface area contributed by atoms with E-state index in [0.29, 0.717) is 5.92 Å². The van der Waals surface area contributed by atoms with Gasteiger partial charge in [0.25, 0.3) is 0 Å². The first kappa shape index (κ1) is 15.5. The Morgan fingerprint density at radius 2 is 1.96 bits per heavy atom. The molecule has 1 N–H and O–H groups in total. The summed E-state index contributed by atoms with van der Waals surface area (Å²) in [5, 5.41) is 8.52. The maximum Gasteiger partial charge on any atom is 0.133 e. The fraction of sp³-hybridized carbons (Fsp3) is 0.250. The van der Waals surface area contributed by atoms with E-state index in [2.05, 4.69) is 82.2 Å². The average molecular weight is 382 g/mol. The quantitative estimate of drug-likeness (QED) is 0.658. The summed E-state index contributed by atoms with van der Waals surface area (Å²) in [6.45, 7) is 5.43. The van der Waals surface area contributed by atoms with Crippen LogP contribution in [0, 0.1) is 0 Å². The summed E-state index contributed by atoms with van der Waals surface area (Å²) in [6.07, 6.45) is 1.01. The summed E-state index contributed by atoms with van der Waals surface area (Å²) in [6, 6.07) is 16.9. The highest BCUT2D eigenvalue weighted by molar-refractivity contribution is 9.10. The van der Waals surface area contributed by atoms with E-state index in [1.54, 1.807) is 0 Å². The molecule has 0 saturated heterocycles. The molecular weight excluding hydrogens is 362 g/mol. The van der Waals surface area contributed by atoms with Gasteiger partial charge >= 0.3 is 0 Å². The number of halogens is 1. The van der Waals surface area contributed by atoms with Gasteiger partial charge in [-0.3, -0.25) is 0 Å². The molecule has 1 aromatic heterocycles. The molecule has 3 aromatic rings. The van der Waals surface area contributed by atoms with Gasteiger partial charge in [-0.15, -0.1) is 0 Å². The Kier molecular flexibility index (Phi) is 3.93. The van der Waals surface area contributed by atoms with Crippen LogP contribution in [0.1, 0.15) is 30.9 Å². The smallest absolute Gasteiger partial charge is 0.133 e. The Morgan fingerprint density at radius 1 is 1.12 bits per heavy atom. The molecule has 4 rings (SSSR count). The Hall–Kier alpha value is -2.07. The van der Waals surface area contributed by atoms with E-state index in [9.17, 15) is 0 Å². The van der Waals surface area contributed by atoms with Crippen molar-refractivity contribution < 1.29 is 0 Å². The van der Waals surface area contributed by atoms with Gasteiger partial charge in [-0.2, -0.15) is 5.10 Å². The molecule has 0 fully saturated rings. The summed E-state index contributed by atoms with van der Waals surface area (Å²) in [5.74, 6) is 1.59. The van der Waals surface area contributed by atoms with Crippen LogP contribution in [-0.4, -0.2) is 16.3 Å². The van der Waals surface area contributed by atoms with E-state index < -0.39 is 0 Å². The van der Waals surface area contributed by atoms with Gasteiger partial charge in [0, 0.05) is 22.1 Å². The Labute approximate surface area is 150 Å². The molecule has 2 aromatic carbocycles. The van der Waals surface area contributed by atoms with Crippen molar-refractivity contribution >= 4 is 21.7 Å². The van der Waals surface area contributed by atoms with E-state index in [4.69, 9.17) is 5.10 Å². The third kappa shape index (κ3) is 2.55. The molecule has 1 aliphatic heterocycles. The normalized spacial score (nSPS) is 13.2. The molecule has 0 atom stereocenters. The lowest BCUT2D eigenvalue weighted by molar-refractivity contribution is 0.812. The number of aromatic nitrogens is 2. The van der Waals surface area contributed by atoms with Crippen LogP contribution in [0.2, 0.25) is 0 Å². The minimum Gasteiger partial charge on any atom is -0.369 e. The molecule has 1 aliphatic rings. The molecule has 0 amide bonds. The highest BCUT2D eigenvalue weighted by Gasteiger charge is 2.25. The standard InChI is InChI=1S/C20H20BrN3/c1-13(2)16-8-3-4-9-18(16)24-20-17(10-11-22-20)19(23-24)14-6-5-7-15(21)12-14/h3-9,12-13,22H,10-11H2,1-2H3. The lowest BCUT2D eigenvalue weighted by Crippen LogP contribution is -2.07. The molecule has 0 aliphatic carbocycles. The zero-order valence-corrected chi connectivity index (χ0v) is 15.5. The summed E-state index contributed by atoms with van der Waals surface area (Å²) in [7, 11) is 0. The van der Waals surface area contributed by atoms with Crippen molar-refractivity contribution in [1.82, 2.24) is 9.78 Å². The second-order valence-corrected chi connectivity index (χ2v) is 7.40. The molecule has 0 saturated carbocycles. The van der Waals surface area contributed by atoms with Crippen LogP contribution < -0.4 is 5.32 Å². The van der Waals surface area contributed by atoms with Crippen LogP contribution in [0.3, 0.4) is 0 Å². The number of benzene rings is 2. The number of hydrogen-bond acceptors (Lipinski definition) is 2. The van der Waals surface area contributed by atoms with Crippen molar-refractivity contribution in [1.29, 1.82) is 0 Å². The molecule has 122 valence electrons. The van der Waals surface area contributed by atoms with Crippen LogP contribution >= 0.6 is 15.9 Å². The molecular formula is C20H20BrN3. The van der Waals surface area contributed by atoms with Gasteiger partial charge in [-0.1, -0.05) is 60.1 Å². The van der Waals surface area contributed by atoms with Crippen molar-refractivity contribution in [3.63, 3.8) is 0 Å². The lowest BCUT2D eigenvalue weighted by Gasteiger charge is -2.14. The van der Waals surface area contributed by atoms with Gasteiger partial charge in [-0.05, 0) is 36.1 Å².